The maximum atomic E-state index is 11.2. The molecule has 0 saturated heterocycles. The Bertz CT molecular complexity index is 361. The first-order valence-corrected chi connectivity index (χ1v) is 4.06. The molecule has 0 aliphatic rings. The highest BCUT2D eigenvalue weighted by molar-refractivity contribution is 5.91. The average molecular weight is 214 g/mol. The van der Waals surface area contributed by atoms with Crippen LogP contribution >= 0.6 is 0 Å². The third kappa shape index (κ3) is 2.50. The lowest BCUT2D eigenvalue weighted by Crippen LogP contribution is -2.13. The molecule has 0 bridgehead atoms. The summed E-state index contributed by atoms with van der Waals surface area (Å²) >= 11 is 0. The van der Waals surface area contributed by atoms with Gasteiger partial charge in [0.2, 0.25) is 0 Å². The summed E-state index contributed by atoms with van der Waals surface area (Å²) in [6, 6.07) is 1.83. The zero-order chi connectivity index (χ0) is 11.6. The van der Waals surface area contributed by atoms with Gasteiger partial charge in [-0.2, -0.15) is 0 Å². The second-order valence-corrected chi connectivity index (χ2v) is 2.87. The maximum Gasteiger partial charge on any atom is 0.340 e. The van der Waals surface area contributed by atoms with Gasteiger partial charge in [0.25, 0.3) is 0 Å². The van der Waals surface area contributed by atoms with Gasteiger partial charge in [0.1, 0.15) is 0 Å². The minimum atomic E-state index is -1.30. The van der Waals surface area contributed by atoms with Crippen LogP contribution in [0.25, 0.3) is 0 Å². The number of ether oxygens (including phenoxy) is 1. The number of phenolic OH excluding ortho intramolecular Hbond substituents is 3. The molecule has 0 radical (unpaired) electrons. The molecule has 1 unspecified atom stereocenters. The van der Waals surface area contributed by atoms with Gasteiger partial charge in [0.15, 0.2) is 23.5 Å². The van der Waals surface area contributed by atoms with Crippen molar-refractivity contribution in [2.45, 2.75) is 13.2 Å². The molecule has 6 nitrogen and oxygen atoms in total. The number of rotatable bonds is 2. The first-order valence-electron chi connectivity index (χ1n) is 4.06. The van der Waals surface area contributed by atoms with Crippen molar-refractivity contribution in [2.24, 2.45) is 0 Å². The van der Waals surface area contributed by atoms with Gasteiger partial charge in [0.05, 0.1) is 5.56 Å². The number of aliphatic hydroxyl groups excluding tert-OH is 1. The van der Waals surface area contributed by atoms with Crippen LogP contribution in [0.2, 0.25) is 0 Å². The van der Waals surface area contributed by atoms with E-state index in [9.17, 15) is 4.79 Å². The van der Waals surface area contributed by atoms with Crippen LogP contribution in [0, 0.1) is 0 Å². The summed E-state index contributed by atoms with van der Waals surface area (Å²) in [6.07, 6.45) is -1.30. The SMILES string of the molecule is CC(O)OC(=O)c1cc(O)c(O)c(O)c1. The highest BCUT2D eigenvalue weighted by atomic mass is 16.6. The van der Waals surface area contributed by atoms with Crippen LogP contribution in [0.15, 0.2) is 12.1 Å². The van der Waals surface area contributed by atoms with Crippen molar-refractivity contribution in [3.63, 3.8) is 0 Å². The molecule has 1 aromatic carbocycles. The molecule has 6 heteroatoms. The van der Waals surface area contributed by atoms with E-state index in [1.54, 1.807) is 0 Å². The number of aromatic hydroxyl groups is 3. The van der Waals surface area contributed by atoms with E-state index in [2.05, 4.69) is 4.74 Å². The molecule has 1 aromatic rings. The van der Waals surface area contributed by atoms with Crippen molar-refractivity contribution in [3.8, 4) is 17.2 Å². The number of aliphatic hydroxyl groups is 1. The van der Waals surface area contributed by atoms with Crippen LogP contribution in [0.1, 0.15) is 17.3 Å². The van der Waals surface area contributed by atoms with Crippen molar-refractivity contribution in [3.05, 3.63) is 17.7 Å². The molecule has 82 valence electrons. The van der Waals surface area contributed by atoms with Crippen LogP contribution in [0.5, 0.6) is 17.2 Å². The predicted octanol–water partition coefficient (Wildman–Crippen LogP) is 0.298. The number of hydrogen-bond donors (Lipinski definition) is 4. The fraction of sp³-hybridized carbons (Fsp3) is 0.222. The topological polar surface area (TPSA) is 107 Å². The second kappa shape index (κ2) is 4.05. The molecule has 0 heterocycles. The standard InChI is InChI=1S/C9H10O6/c1-4(10)15-9(14)5-2-6(11)8(13)7(12)3-5/h2-4,10-13H,1H3. The molecule has 1 atom stereocenters. The van der Waals surface area contributed by atoms with Crippen molar-refractivity contribution in [2.75, 3.05) is 0 Å². The van der Waals surface area contributed by atoms with Gasteiger partial charge in [-0.25, -0.2) is 4.79 Å². The van der Waals surface area contributed by atoms with Crippen LogP contribution in [0.4, 0.5) is 0 Å². The molecule has 1 rings (SSSR count). The summed E-state index contributed by atoms with van der Waals surface area (Å²) in [5.74, 6) is -2.93. The molecule has 0 aliphatic heterocycles. The Morgan fingerprint density at radius 1 is 1.27 bits per heavy atom. The summed E-state index contributed by atoms with van der Waals surface area (Å²) in [7, 11) is 0. The normalized spacial score (nSPS) is 12.1. The third-order valence-corrected chi connectivity index (χ3v) is 1.58. The lowest BCUT2D eigenvalue weighted by Gasteiger charge is -2.08. The van der Waals surface area contributed by atoms with E-state index in [4.69, 9.17) is 20.4 Å². The Labute approximate surface area is 85.0 Å². The van der Waals surface area contributed by atoms with Gasteiger partial charge < -0.3 is 25.2 Å². The van der Waals surface area contributed by atoms with Gasteiger partial charge in [0, 0.05) is 0 Å². The number of hydrogen-bond acceptors (Lipinski definition) is 6. The molecule has 0 aliphatic carbocycles. The molecule has 0 spiro atoms. The molecule has 4 N–H and O–H groups in total. The van der Waals surface area contributed by atoms with Crippen molar-refractivity contribution in [1.82, 2.24) is 0 Å². The molecule has 0 aromatic heterocycles. The van der Waals surface area contributed by atoms with E-state index in [1.165, 1.54) is 6.92 Å². The van der Waals surface area contributed by atoms with Crippen molar-refractivity contribution in [1.29, 1.82) is 0 Å². The van der Waals surface area contributed by atoms with Gasteiger partial charge in [-0.1, -0.05) is 0 Å². The quantitative estimate of drug-likeness (QED) is 0.320. The minimum absolute atomic E-state index is 0.177. The third-order valence-electron chi connectivity index (χ3n) is 1.58. The molecule has 0 saturated carbocycles. The number of carbonyl (C=O) groups excluding carboxylic acids is 1. The predicted molar refractivity (Wildman–Crippen MR) is 48.5 cm³/mol. The Balaban J connectivity index is 3.01. The molecule has 15 heavy (non-hydrogen) atoms. The van der Waals surface area contributed by atoms with E-state index >= 15 is 0 Å². The lowest BCUT2D eigenvalue weighted by atomic mass is 10.2. The highest BCUT2D eigenvalue weighted by Gasteiger charge is 2.15. The van der Waals surface area contributed by atoms with E-state index in [-0.39, 0.29) is 5.56 Å². The molecular weight excluding hydrogens is 204 g/mol. The maximum absolute atomic E-state index is 11.2. The van der Waals surface area contributed by atoms with Crippen LogP contribution in [0.3, 0.4) is 0 Å². The van der Waals surface area contributed by atoms with Crippen molar-refractivity contribution < 1.29 is 30.0 Å². The summed E-state index contributed by atoms with van der Waals surface area (Å²) < 4.78 is 4.40. The van der Waals surface area contributed by atoms with Crippen LogP contribution in [-0.2, 0) is 4.74 Å². The summed E-state index contributed by atoms with van der Waals surface area (Å²) in [5.41, 5.74) is -0.177. The first kappa shape index (κ1) is 11.1. The number of phenols is 3. The lowest BCUT2D eigenvalue weighted by molar-refractivity contribution is -0.0523. The summed E-state index contributed by atoms with van der Waals surface area (Å²) in [6.45, 7) is 1.23. The van der Waals surface area contributed by atoms with Gasteiger partial charge in [-0.05, 0) is 19.1 Å². The second-order valence-electron chi connectivity index (χ2n) is 2.87. The van der Waals surface area contributed by atoms with Crippen molar-refractivity contribution >= 4 is 5.97 Å². The van der Waals surface area contributed by atoms with Gasteiger partial charge in [-0.15, -0.1) is 0 Å². The Morgan fingerprint density at radius 2 is 1.73 bits per heavy atom. The average Bonchev–Trinajstić information content (AvgIpc) is 2.12. The van der Waals surface area contributed by atoms with Gasteiger partial charge >= 0.3 is 5.97 Å². The highest BCUT2D eigenvalue weighted by Crippen LogP contribution is 2.35. The zero-order valence-corrected chi connectivity index (χ0v) is 7.84. The first-order chi connectivity index (χ1) is 6.91. The monoisotopic (exact) mass is 214 g/mol. The zero-order valence-electron chi connectivity index (χ0n) is 7.84. The molecular formula is C9H10O6. The van der Waals surface area contributed by atoms with Gasteiger partial charge in [-0.3, -0.25) is 0 Å². The van der Waals surface area contributed by atoms with E-state index in [0.717, 1.165) is 12.1 Å². The number of benzene rings is 1. The number of esters is 1. The summed E-state index contributed by atoms with van der Waals surface area (Å²) in [5, 5.41) is 35.9. The van der Waals surface area contributed by atoms with Crippen LogP contribution in [-0.4, -0.2) is 32.7 Å². The smallest absolute Gasteiger partial charge is 0.340 e. The Hall–Kier alpha value is -1.95. The fourth-order valence-corrected chi connectivity index (χ4v) is 0.945. The summed E-state index contributed by atoms with van der Waals surface area (Å²) in [4.78, 5) is 11.2. The van der Waals surface area contributed by atoms with E-state index in [1.807, 2.05) is 0 Å². The minimum Gasteiger partial charge on any atom is -0.504 e. The molecule has 0 amide bonds. The largest absolute Gasteiger partial charge is 0.504 e. The molecule has 0 fully saturated rings. The Kier molecular flexibility index (Phi) is 3.01. The Morgan fingerprint density at radius 3 is 2.13 bits per heavy atom. The van der Waals surface area contributed by atoms with E-state index in [0.29, 0.717) is 0 Å². The number of carbonyl (C=O) groups is 1. The van der Waals surface area contributed by atoms with E-state index < -0.39 is 29.5 Å². The fourth-order valence-electron chi connectivity index (χ4n) is 0.945. The van der Waals surface area contributed by atoms with Crippen LogP contribution < -0.4 is 0 Å².